The normalized spacial score (nSPS) is 18.3. The molecule has 0 saturated heterocycles. The third-order valence-corrected chi connectivity index (χ3v) is 6.53. The number of ether oxygens (including phenoxy) is 3. The van der Waals surface area contributed by atoms with Crippen molar-refractivity contribution in [2.24, 2.45) is 0 Å². The maximum absolute atomic E-state index is 13.5. The van der Waals surface area contributed by atoms with Gasteiger partial charge in [0.05, 0.1) is 36.1 Å². The molecule has 1 atom stereocenters. The van der Waals surface area contributed by atoms with E-state index in [1.807, 2.05) is 6.92 Å². The van der Waals surface area contributed by atoms with Gasteiger partial charge < -0.3 is 23.9 Å². The van der Waals surface area contributed by atoms with E-state index in [1.165, 1.54) is 0 Å². The van der Waals surface area contributed by atoms with Gasteiger partial charge in [0.25, 0.3) is 5.56 Å². The molecule has 2 aromatic heterocycles. The molecule has 4 heterocycles. The van der Waals surface area contributed by atoms with Gasteiger partial charge in [-0.1, -0.05) is 13.8 Å². The molecule has 0 spiro atoms. The van der Waals surface area contributed by atoms with Gasteiger partial charge in [-0.3, -0.25) is 4.79 Å². The summed E-state index contributed by atoms with van der Waals surface area (Å²) in [6, 6.07) is 6.68. The fraction of sp³-hybridized carbons (Fsp3) is 0.333. The number of nitrogens with zero attached hydrogens (tertiary/aromatic N) is 2. The van der Waals surface area contributed by atoms with Gasteiger partial charge >= 0.3 is 12.1 Å². The second-order valence-corrected chi connectivity index (χ2v) is 8.10. The number of rotatable bonds is 3. The Morgan fingerprint density at radius 3 is 2.73 bits per heavy atom. The van der Waals surface area contributed by atoms with Gasteiger partial charge in [-0.2, -0.15) is 0 Å². The lowest BCUT2D eigenvalue weighted by molar-refractivity contribution is -0.175. The van der Waals surface area contributed by atoms with Crippen LogP contribution in [0.3, 0.4) is 0 Å². The zero-order valence-corrected chi connectivity index (χ0v) is 18.4. The molecule has 170 valence electrons. The number of aromatic hydroxyl groups is 1. The second kappa shape index (κ2) is 7.33. The number of fused-ring (bicyclic) bond motifs is 5. The van der Waals surface area contributed by atoms with Crippen LogP contribution in [-0.2, 0) is 44.2 Å². The van der Waals surface area contributed by atoms with Gasteiger partial charge in [0, 0.05) is 16.5 Å². The van der Waals surface area contributed by atoms with E-state index in [1.54, 1.807) is 35.8 Å². The highest BCUT2D eigenvalue weighted by atomic mass is 16.7. The first-order valence-electron chi connectivity index (χ1n) is 10.7. The molecule has 3 aromatic rings. The second-order valence-electron chi connectivity index (χ2n) is 8.10. The summed E-state index contributed by atoms with van der Waals surface area (Å²) < 4.78 is 16.9. The predicted molar refractivity (Wildman–Crippen MR) is 117 cm³/mol. The van der Waals surface area contributed by atoms with Gasteiger partial charge in [-0.05, 0) is 42.7 Å². The Kier molecular flexibility index (Phi) is 4.66. The van der Waals surface area contributed by atoms with Crippen molar-refractivity contribution >= 4 is 23.0 Å². The molecule has 9 nitrogen and oxygen atoms in total. The lowest BCUT2D eigenvalue weighted by atomic mass is 9.85. The maximum Gasteiger partial charge on any atom is 0.509 e. The van der Waals surface area contributed by atoms with E-state index in [0.29, 0.717) is 35.4 Å². The largest absolute Gasteiger partial charge is 0.509 e. The minimum Gasteiger partial charge on any atom is -0.508 e. The Labute approximate surface area is 188 Å². The molecule has 5 rings (SSSR count). The summed E-state index contributed by atoms with van der Waals surface area (Å²) in [5, 5.41) is 10.8. The molecule has 0 bridgehead atoms. The number of aryl methyl sites for hydroxylation is 1. The third kappa shape index (κ3) is 2.84. The van der Waals surface area contributed by atoms with E-state index in [9.17, 15) is 19.5 Å². The standard InChI is InChI=1S/C24H22N2O7/c1-4-13-14-8-12(27)6-7-18(14)25-20-15(13)10-26-19(20)9-17-16(21(26)28)11-32-22(29)24(17,5-2)33-23(30)31-3/h6-9,27H,4-5,10-11H2,1-3H3/t24-/m0/s1. The maximum atomic E-state index is 13.5. The lowest BCUT2D eigenvalue weighted by Gasteiger charge is -2.35. The average Bonchev–Trinajstić information content (AvgIpc) is 3.18. The fourth-order valence-corrected chi connectivity index (χ4v) is 4.89. The minimum absolute atomic E-state index is 0.0638. The van der Waals surface area contributed by atoms with Crippen molar-refractivity contribution in [3.05, 3.63) is 56.9 Å². The topological polar surface area (TPSA) is 117 Å². The molecule has 0 fully saturated rings. The first-order valence-corrected chi connectivity index (χ1v) is 10.7. The van der Waals surface area contributed by atoms with Crippen LogP contribution in [0.2, 0.25) is 0 Å². The summed E-state index contributed by atoms with van der Waals surface area (Å²) in [5.74, 6) is -0.605. The van der Waals surface area contributed by atoms with Crippen LogP contribution in [0.4, 0.5) is 4.79 Å². The average molecular weight is 450 g/mol. The molecule has 9 heteroatoms. The van der Waals surface area contributed by atoms with Crippen molar-refractivity contribution in [2.75, 3.05) is 7.11 Å². The van der Waals surface area contributed by atoms with Crippen LogP contribution in [0, 0.1) is 0 Å². The molecule has 0 unspecified atom stereocenters. The number of hydrogen-bond acceptors (Lipinski definition) is 8. The van der Waals surface area contributed by atoms with Crippen LogP contribution in [-0.4, -0.2) is 33.9 Å². The Hall–Kier alpha value is -3.88. The van der Waals surface area contributed by atoms with Crippen LogP contribution < -0.4 is 5.56 Å². The van der Waals surface area contributed by atoms with Crippen molar-refractivity contribution in [2.45, 2.75) is 45.4 Å². The number of esters is 1. The molecule has 1 N–H and O–H groups in total. The number of benzene rings is 1. The molecule has 2 aliphatic rings. The number of methoxy groups -OCH3 is 1. The van der Waals surface area contributed by atoms with Crippen molar-refractivity contribution in [1.29, 1.82) is 0 Å². The smallest absolute Gasteiger partial charge is 0.508 e. The van der Waals surface area contributed by atoms with E-state index in [0.717, 1.165) is 23.6 Å². The first kappa shape index (κ1) is 21.0. The Morgan fingerprint density at radius 2 is 2.03 bits per heavy atom. The van der Waals surface area contributed by atoms with Gasteiger partial charge in [-0.15, -0.1) is 0 Å². The number of carbonyl (C=O) groups excluding carboxylic acids is 2. The van der Waals surface area contributed by atoms with Crippen LogP contribution in [0.15, 0.2) is 29.1 Å². The van der Waals surface area contributed by atoms with Gasteiger partial charge in [0.1, 0.15) is 12.4 Å². The SMILES string of the molecule is CCc1c2c(nc3ccc(O)cc13)-c1cc3c(c(=O)n1C2)COC(=O)[C@@]3(CC)OC(=O)OC. The van der Waals surface area contributed by atoms with Crippen LogP contribution in [0.1, 0.15) is 42.5 Å². The summed E-state index contributed by atoms with van der Waals surface area (Å²) in [7, 11) is 1.15. The highest BCUT2D eigenvalue weighted by Crippen LogP contribution is 2.42. The van der Waals surface area contributed by atoms with Gasteiger partial charge in [0.2, 0.25) is 5.60 Å². The lowest BCUT2D eigenvalue weighted by Crippen LogP contribution is -2.47. The Morgan fingerprint density at radius 1 is 1.24 bits per heavy atom. The predicted octanol–water partition coefficient (Wildman–Crippen LogP) is 3.14. The highest BCUT2D eigenvalue weighted by Gasteiger charge is 2.51. The molecule has 0 radical (unpaired) electrons. The van der Waals surface area contributed by atoms with Crippen molar-refractivity contribution in [3.63, 3.8) is 0 Å². The van der Waals surface area contributed by atoms with E-state index in [2.05, 4.69) is 4.74 Å². The molecule has 33 heavy (non-hydrogen) atoms. The minimum atomic E-state index is -1.78. The third-order valence-electron chi connectivity index (χ3n) is 6.53. The molecule has 1 aromatic carbocycles. The fourth-order valence-electron chi connectivity index (χ4n) is 4.89. The van der Waals surface area contributed by atoms with Crippen LogP contribution in [0.5, 0.6) is 5.75 Å². The molecule has 0 saturated carbocycles. The number of phenolic OH excluding ortho intramolecular Hbond substituents is 1. The number of carbonyl (C=O) groups is 2. The van der Waals surface area contributed by atoms with Crippen molar-refractivity contribution < 1.29 is 28.9 Å². The number of aromatic nitrogens is 2. The van der Waals surface area contributed by atoms with E-state index in [4.69, 9.17) is 14.5 Å². The van der Waals surface area contributed by atoms with Crippen LogP contribution >= 0.6 is 0 Å². The first-order chi connectivity index (χ1) is 15.8. The van der Waals surface area contributed by atoms with E-state index < -0.39 is 17.7 Å². The summed E-state index contributed by atoms with van der Waals surface area (Å²) in [4.78, 5) is 43.1. The number of phenols is 1. The van der Waals surface area contributed by atoms with Crippen molar-refractivity contribution in [3.8, 4) is 17.1 Å². The molecule has 2 aliphatic heterocycles. The molecular formula is C24H22N2O7. The molecular weight excluding hydrogens is 428 g/mol. The highest BCUT2D eigenvalue weighted by molar-refractivity contribution is 5.90. The zero-order valence-electron chi connectivity index (χ0n) is 18.4. The van der Waals surface area contributed by atoms with Crippen LogP contribution in [0.25, 0.3) is 22.3 Å². The Bertz CT molecular complexity index is 1410. The number of cyclic esters (lactones) is 1. The summed E-state index contributed by atoms with van der Waals surface area (Å²) in [6.07, 6.45) is -0.298. The quantitative estimate of drug-likeness (QED) is 0.473. The zero-order chi connectivity index (χ0) is 23.5. The summed E-state index contributed by atoms with van der Waals surface area (Å²) >= 11 is 0. The molecule has 0 amide bonds. The van der Waals surface area contributed by atoms with Gasteiger partial charge in [-0.25, -0.2) is 14.6 Å². The summed E-state index contributed by atoms with van der Waals surface area (Å²) in [5.41, 5.74) is 2.19. The van der Waals surface area contributed by atoms with E-state index >= 15 is 0 Å². The van der Waals surface area contributed by atoms with Gasteiger partial charge in [0.15, 0.2) is 0 Å². The van der Waals surface area contributed by atoms with Crippen molar-refractivity contribution in [1.82, 2.24) is 9.55 Å². The molecule has 0 aliphatic carbocycles. The Balaban J connectivity index is 1.80. The number of hydrogen-bond donors (Lipinski definition) is 1. The summed E-state index contributed by atoms with van der Waals surface area (Å²) in [6.45, 7) is 3.78. The monoisotopic (exact) mass is 450 g/mol. The van der Waals surface area contributed by atoms with E-state index in [-0.39, 0.29) is 29.9 Å². The number of pyridine rings is 2.